The molecule has 1 aromatic rings. The normalized spacial score (nSPS) is 16.9. The van der Waals surface area contributed by atoms with Crippen molar-refractivity contribution in [1.82, 2.24) is 5.32 Å². The number of benzene rings is 1. The maximum absolute atomic E-state index is 6.11. The van der Waals surface area contributed by atoms with E-state index >= 15 is 0 Å². The highest BCUT2D eigenvalue weighted by atomic mass is 35.5. The molecule has 2 rings (SSSR count). The van der Waals surface area contributed by atoms with E-state index < -0.39 is 0 Å². The summed E-state index contributed by atoms with van der Waals surface area (Å²) in [6.07, 6.45) is 6.38. The summed E-state index contributed by atoms with van der Waals surface area (Å²) in [5, 5.41) is 5.06. The fraction of sp³-hybridized carbons (Fsp3) is 0.538. The summed E-state index contributed by atoms with van der Waals surface area (Å²) in [4.78, 5) is 0. The van der Waals surface area contributed by atoms with Gasteiger partial charge in [-0.1, -0.05) is 42.1 Å². The van der Waals surface area contributed by atoms with Crippen LogP contribution in [-0.4, -0.2) is 12.6 Å². The molecule has 88 valence electrons. The van der Waals surface area contributed by atoms with E-state index in [2.05, 4.69) is 5.32 Å². The fourth-order valence-electron chi connectivity index (χ4n) is 2.27. The summed E-state index contributed by atoms with van der Waals surface area (Å²) in [7, 11) is 0. The van der Waals surface area contributed by atoms with Crippen LogP contribution in [0.3, 0.4) is 0 Å². The third-order valence-electron chi connectivity index (χ3n) is 3.20. The first-order valence-electron chi connectivity index (χ1n) is 5.93. The highest BCUT2D eigenvalue weighted by molar-refractivity contribution is 6.35. The summed E-state index contributed by atoms with van der Waals surface area (Å²) < 4.78 is 0. The third-order valence-corrected chi connectivity index (χ3v) is 3.78. The lowest BCUT2D eigenvalue weighted by atomic mass is 10.1. The van der Waals surface area contributed by atoms with Gasteiger partial charge in [-0.05, 0) is 43.5 Å². The SMILES string of the molecule is Clc1ccc(CCNC2CCCC2)c(Cl)c1. The number of hydrogen-bond donors (Lipinski definition) is 1. The molecule has 0 amide bonds. The van der Waals surface area contributed by atoms with Gasteiger partial charge >= 0.3 is 0 Å². The lowest BCUT2D eigenvalue weighted by Crippen LogP contribution is -2.28. The van der Waals surface area contributed by atoms with Crippen molar-refractivity contribution >= 4 is 23.2 Å². The topological polar surface area (TPSA) is 12.0 Å². The van der Waals surface area contributed by atoms with Gasteiger partial charge in [-0.25, -0.2) is 0 Å². The zero-order chi connectivity index (χ0) is 11.4. The van der Waals surface area contributed by atoms with Crippen molar-refractivity contribution in [1.29, 1.82) is 0 Å². The average Bonchev–Trinajstić information content (AvgIpc) is 2.74. The van der Waals surface area contributed by atoms with Crippen molar-refractivity contribution in [2.75, 3.05) is 6.54 Å². The van der Waals surface area contributed by atoms with Crippen molar-refractivity contribution in [2.45, 2.75) is 38.1 Å². The van der Waals surface area contributed by atoms with Crippen LogP contribution in [-0.2, 0) is 6.42 Å². The van der Waals surface area contributed by atoms with Crippen molar-refractivity contribution in [2.24, 2.45) is 0 Å². The van der Waals surface area contributed by atoms with Gasteiger partial charge in [-0.2, -0.15) is 0 Å². The van der Waals surface area contributed by atoms with Crippen LogP contribution in [0.15, 0.2) is 18.2 Å². The van der Waals surface area contributed by atoms with Crippen LogP contribution in [0, 0.1) is 0 Å². The van der Waals surface area contributed by atoms with E-state index in [1.54, 1.807) is 0 Å². The van der Waals surface area contributed by atoms with Crippen LogP contribution in [0.1, 0.15) is 31.2 Å². The molecule has 3 heteroatoms. The minimum absolute atomic E-state index is 0.706. The molecule has 1 N–H and O–H groups in total. The first-order valence-corrected chi connectivity index (χ1v) is 6.68. The first-order chi connectivity index (χ1) is 7.75. The number of hydrogen-bond acceptors (Lipinski definition) is 1. The Hall–Kier alpha value is -0.240. The Morgan fingerprint density at radius 2 is 1.94 bits per heavy atom. The molecule has 1 aromatic carbocycles. The van der Waals surface area contributed by atoms with E-state index in [0.717, 1.165) is 24.0 Å². The molecule has 0 aliphatic heterocycles. The van der Waals surface area contributed by atoms with Gasteiger partial charge in [0, 0.05) is 16.1 Å². The zero-order valence-electron chi connectivity index (χ0n) is 9.31. The number of rotatable bonds is 4. The molecule has 0 unspecified atom stereocenters. The molecule has 1 aliphatic rings. The minimum atomic E-state index is 0.706. The van der Waals surface area contributed by atoms with Gasteiger partial charge in [0.05, 0.1) is 0 Å². The van der Waals surface area contributed by atoms with E-state index in [9.17, 15) is 0 Å². The predicted octanol–water partition coefficient (Wildman–Crippen LogP) is 4.07. The molecule has 1 nitrogen and oxygen atoms in total. The van der Waals surface area contributed by atoms with E-state index in [1.165, 1.54) is 31.2 Å². The van der Waals surface area contributed by atoms with Crippen molar-refractivity contribution in [3.63, 3.8) is 0 Å². The third kappa shape index (κ3) is 3.38. The van der Waals surface area contributed by atoms with Gasteiger partial charge in [0.25, 0.3) is 0 Å². The van der Waals surface area contributed by atoms with Gasteiger partial charge in [0.15, 0.2) is 0 Å². The molecule has 0 heterocycles. The second kappa shape index (κ2) is 5.90. The standard InChI is InChI=1S/C13H17Cl2N/c14-11-6-5-10(13(15)9-11)7-8-16-12-3-1-2-4-12/h5-6,9,12,16H,1-4,7-8H2. The number of nitrogens with one attached hydrogen (secondary N) is 1. The van der Waals surface area contributed by atoms with Crippen LogP contribution in [0.4, 0.5) is 0 Å². The Morgan fingerprint density at radius 1 is 1.19 bits per heavy atom. The van der Waals surface area contributed by atoms with Gasteiger partial charge in [-0.3, -0.25) is 0 Å². The van der Waals surface area contributed by atoms with Gasteiger partial charge in [0.1, 0.15) is 0 Å². The second-order valence-corrected chi connectivity index (χ2v) is 5.26. The van der Waals surface area contributed by atoms with Crippen LogP contribution in [0.2, 0.25) is 10.0 Å². The average molecular weight is 258 g/mol. The van der Waals surface area contributed by atoms with Gasteiger partial charge < -0.3 is 5.32 Å². The summed E-state index contributed by atoms with van der Waals surface area (Å²) in [6, 6.07) is 6.46. The molecular formula is C13H17Cl2N. The van der Waals surface area contributed by atoms with E-state index in [0.29, 0.717) is 5.02 Å². The molecule has 1 fully saturated rings. The largest absolute Gasteiger partial charge is 0.314 e. The van der Waals surface area contributed by atoms with Crippen LogP contribution < -0.4 is 5.32 Å². The molecular weight excluding hydrogens is 241 g/mol. The lowest BCUT2D eigenvalue weighted by molar-refractivity contribution is 0.528. The highest BCUT2D eigenvalue weighted by Gasteiger charge is 2.13. The van der Waals surface area contributed by atoms with Crippen LogP contribution >= 0.6 is 23.2 Å². The molecule has 16 heavy (non-hydrogen) atoms. The van der Waals surface area contributed by atoms with Crippen molar-refractivity contribution in [3.8, 4) is 0 Å². The Labute approximate surface area is 107 Å². The minimum Gasteiger partial charge on any atom is -0.314 e. The van der Waals surface area contributed by atoms with Gasteiger partial charge in [-0.15, -0.1) is 0 Å². The maximum atomic E-state index is 6.11. The lowest BCUT2D eigenvalue weighted by Gasteiger charge is -2.12. The second-order valence-electron chi connectivity index (χ2n) is 4.42. The predicted molar refractivity (Wildman–Crippen MR) is 70.4 cm³/mol. The maximum Gasteiger partial charge on any atom is 0.0453 e. The van der Waals surface area contributed by atoms with Crippen molar-refractivity contribution in [3.05, 3.63) is 33.8 Å². The summed E-state index contributed by atoms with van der Waals surface area (Å²) >= 11 is 12.0. The summed E-state index contributed by atoms with van der Waals surface area (Å²) in [5.74, 6) is 0. The Bertz CT molecular complexity index is 346. The first kappa shape index (κ1) is 12.2. The zero-order valence-corrected chi connectivity index (χ0v) is 10.8. The number of halogens is 2. The van der Waals surface area contributed by atoms with Gasteiger partial charge in [0.2, 0.25) is 0 Å². The summed E-state index contributed by atoms with van der Waals surface area (Å²) in [6.45, 7) is 1.01. The highest BCUT2D eigenvalue weighted by Crippen LogP contribution is 2.21. The molecule has 1 saturated carbocycles. The van der Waals surface area contributed by atoms with E-state index in [1.807, 2.05) is 18.2 Å². The smallest absolute Gasteiger partial charge is 0.0453 e. The molecule has 0 saturated heterocycles. The molecule has 1 aliphatic carbocycles. The van der Waals surface area contributed by atoms with Crippen LogP contribution in [0.5, 0.6) is 0 Å². The Morgan fingerprint density at radius 3 is 2.62 bits per heavy atom. The van der Waals surface area contributed by atoms with Crippen molar-refractivity contribution < 1.29 is 0 Å². The summed E-state index contributed by atoms with van der Waals surface area (Å²) in [5.41, 5.74) is 1.18. The molecule has 0 spiro atoms. The molecule has 0 atom stereocenters. The van der Waals surface area contributed by atoms with Crippen LogP contribution in [0.25, 0.3) is 0 Å². The Balaban J connectivity index is 1.80. The molecule has 0 aromatic heterocycles. The van der Waals surface area contributed by atoms with E-state index in [-0.39, 0.29) is 0 Å². The fourth-order valence-corrected chi connectivity index (χ4v) is 2.77. The Kier molecular flexibility index (Phi) is 4.51. The quantitative estimate of drug-likeness (QED) is 0.858. The molecule has 0 bridgehead atoms. The monoisotopic (exact) mass is 257 g/mol. The van der Waals surface area contributed by atoms with E-state index in [4.69, 9.17) is 23.2 Å². The molecule has 0 radical (unpaired) electrons.